The summed E-state index contributed by atoms with van der Waals surface area (Å²) < 4.78 is 11.2. The Balaban J connectivity index is 2.01. The van der Waals surface area contributed by atoms with Gasteiger partial charge in [-0.3, -0.25) is 4.79 Å². The van der Waals surface area contributed by atoms with Crippen LogP contribution in [0.25, 0.3) is 0 Å². The summed E-state index contributed by atoms with van der Waals surface area (Å²) in [7, 11) is 1.30. The number of halogens is 1. The molecular weight excluding hydrogens is 370 g/mol. The van der Waals surface area contributed by atoms with Crippen LogP contribution in [0.5, 0.6) is 5.75 Å². The molecule has 0 aliphatic carbocycles. The van der Waals surface area contributed by atoms with Crippen LogP contribution < -0.4 is 10.1 Å². The normalized spacial score (nSPS) is 11.6. The first-order valence-electron chi connectivity index (χ1n) is 6.40. The highest BCUT2D eigenvalue weighted by atomic mass is 79.9. The molecule has 0 aliphatic rings. The molecular formula is C15H14BrNO4S. The lowest BCUT2D eigenvalue weighted by Crippen LogP contribution is -2.30. The van der Waals surface area contributed by atoms with Crippen LogP contribution in [0.15, 0.2) is 40.2 Å². The fourth-order valence-corrected chi connectivity index (χ4v) is 2.69. The average Bonchev–Trinajstić information content (AvgIpc) is 2.96. The first-order chi connectivity index (χ1) is 10.5. The maximum Gasteiger partial charge on any atom is 0.350 e. The topological polar surface area (TPSA) is 64.6 Å². The van der Waals surface area contributed by atoms with Gasteiger partial charge in [-0.2, -0.15) is 0 Å². The van der Waals surface area contributed by atoms with Crippen LogP contribution in [-0.2, 0) is 9.53 Å². The summed E-state index contributed by atoms with van der Waals surface area (Å²) in [6.45, 7) is 1.64. The smallest absolute Gasteiger partial charge is 0.350 e. The Morgan fingerprint density at radius 2 is 1.91 bits per heavy atom. The van der Waals surface area contributed by atoms with Gasteiger partial charge in [0.1, 0.15) is 10.6 Å². The lowest BCUT2D eigenvalue weighted by atomic mass is 10.3. The number of hydrogen-bond donors (Lipinski definition) is 1. The predicted molar refractivity (Wildman–Crippen MR) is 88.5 cm³/mol. The molecule has 116 valence electrons. The SMILES string of the molecule is COC(=O)c1sccc1NC(=O)C(C)Oc1ccc(Br)cc1. The van der Waals surface area contributed by atoms with Gasteiger partial charge in [-0.05, 0) is 42.6 Å². The van der Waals surface area contributed by atoms with E-state index in [1.807, 2.05) is 12.1 Å². The van der Waals surface area contributed by atoms with Crippen molar-refractivity contribution in [3.63, 3.8) is 0 Å². The molecule has 22 heavy (non-hydrogen) atoms. The number of rotatable bonds is 5. The van der Waals surface area contributed by atoms with E-state index in [1.54, 1.807) is 30.5 Å². The summed E-state index contributed by atoms with van der Waals surface area (Å²) in [5, 5.41) is 4.38. The van der Waals surface area contributed by atoms with E-state index in [1.165, 1.54) is 18.4 Å². The van der Waals surface area contributed by atoms with Gasteiger partial charge < -0.3 is 14.8 Å². The van der Waals surface area contributed by atoms with Crippen molar-refractivity contribution in [3.05, 3.63) is 45.1 Å². The lowest BCUT2D eigenvalue weighted by molar-refractivity contribution is -0.122. The van der Waals surface area contributed by atoms with Crippen LogP contribution in [0.3, 0.4) is 0 Å². The van der Waals surface area contributed by atoms with Crippen molar-refractivity contribution in [2.75, 3.05) is 12.4 Å². The first kappa shape index (κ1) is 16.5. The molecule has 0 saturated heterocycles. The molecule has 1 aromatic heterocycles. The quantitative estimate of drug-likeness (QED) is 0.799. The fraction of sp³-hybridized carbons (Fsp3) is 0.200. The Morgan fingerprint density at radius 1 is 1.23 bits per heavy atom. The number of carbonyl (C=O) groups excluding carboxylic acids is 2. The molecule has 0 saturated carbocycles. The molecule has 7 heteroatoms. The maximum atomic E-state index is 12.2. The summed E-state index contributed by atoms with van der Waals surface area (Å²) >= 11 is 4.54. The maximum absolute atomic E-state index is 12.2. The minimum Gasteiger partial charge on any atom is -0.481 e. The standard InChI is InChI=1S/C15H14BrNO4S/c1-9(21-11-5-3-10(16)4-6-11)14(18)17-12-7-8-22-13(12)15(19)20-2/h3-9H,1-2H3,(H,17,18). The summed E-state index contributed by atoms with van der Waals surface area (Å²) in [6.07, 6.45) is -0.702. The van der Waals surface area contributed by atoms with Gasteiger partial charge >= 0.3 is 5.97 Å². The van der Waals surface area contributed by atoms with Gasteiger partial charge in [-0.15, -0.1) is 11.3 Å². The molecule has 0 bridgehead atoms. The molecule has 2 aromatic rings. The van der Waals surface area contributed by atoms with Crippen molar-refractivity contribution in [3.8, 4) is 5.75 Å². The van der Waals surface area contributed by atoms with Crippen molar-refractivity contribution < 1.29 is 19.1 Å². The number of carbonyl (C=O) groups is 2. The van der Waals surface area contributed by atoms with Crippen LogP contribution >= 0.6 is 27.3 Å². The van der Waals surface area contributed by atoms with E-state index < -0.39 is 12.1 Å². The second kappa shape index (κ2) is 7.42. The van der Waals surface area contributed by atoms with Crippen LogP contribution in [0.4, 0.5) is 5.69 Å². The minimum atomic E-state index is -0.702. The van der Waals surface area contributed by atoms with Gasteiger partial charge in [-0.25, -0.2) is 4.79 Å². The number of methoxy groups -OCH3 is 1. The molecule has 1 N–H and O–H groups in total. The molecule has 2 rings (SSSR count). The summed E-state index contributed by atoms with van der Waals surface area (Å²) in [6, 6.07) is 8.83. The van der Waals surface area contributed by atoms with Gasteiger partial charge in [-0.1, -0.05) is 15.9 Å². The minimum absolute atomic E-state index is 0.341. The second-order valence-corrected chi connectivity index (χ2v) is 6.19. The molecule has 0 radical (unpaired) electrons. The number of anilines is 1. The number of nitrogens with one attached hydrogen (secondary N) is 1. The van der Waals surface area contributed by atoms with E-state index in [0.29, 0.717) is 16.3 Å². The number of amides is 1. The molecule has 1 atom stereocenters. The number of ether oxygens (including phenoxy) is 2. The van der Waals surface area contributed by atoms with Gasteiger partial charge in [0.15, 0.2) is 6.10 Å². The van der Waals surface area contributed by atoms with Gasteiger partial charge in [0, 0.05) is 4.47 Å². The van der Waals surface area contributed by atoms with Crippen LogP contribution in [0.1, 0.15) is 16.6 Å². The predicted octanol–water partition coefficient (Wildman–Crippen LogP) is 3.70. The third-order valence-corrected chi connectivity index (χ3v) is 4.21. The zero-order valence-corrected chi connectivity index (χ0v) is 14.4. The van der Waals surface area contributed by atoms with E-state index in [-0.39, 0.29) is 5.91 Å². The van der Waals surface area contributed by atoms with Crippen molar-refractivity contribution in [1.82, 2.24) is 0 Å². The third kappa shape index (κ3) is 4.08. The van der Waals surface area contributed by atoms with E-state index in [2.05, 4.69) is 26.0 Å². The molecule has 1 unspecified atom stereocenters. The van der Waals surface area contributed by atoms with Crippen molar-refractivity contribution in [2.24, 2.45) is 0 Å². The highest BCUT2D eigenvalue weighted by molar-refractivity contribution is 9.10. The van der Waals surface area contributed by atoms with E-state index in [9.17, 15) is 9.59 Å². The lowest BCUT2D eigenvalue weighted by Gasteiger charge is -2.14. The number of esters is 1. The van der Waals surface area contributed by atoms with Gasteiger partial charge in [0.25, 0.3) is 5.91 Å². The Morgan fingerprint density at radius 3 is 2.55 bits per heavy atom. The second-order valence-electron chi connectivity index (χ2n) is 4.36. The Bertz CT molecular complexity index is 668. The fourth-order valence-electron chi connectivity index (χ4n) is 1.66. The van der Waals surface area contributed by atoms with Crippen molar-refractivity contribution in [1.29, 1.82) is 0 Å². The Hall–Kier alpha value is -1.86. The van der Waals surface area contributed by atoms with E-state index in [4.69, 9.17) is 4.74 Å². The average molecular weight is 384 g/mol. The molecule has 1 aromatic carbocycles. The highest BCUT2D eigenvalue weighted by Crippen LogP contribution is 2.24. The number of benzene rings is 1. The zero-order valence-electron chi connectivity index (χ0n) is 12.0. The molecule has 0 aliphatic heterocycles. The molecule has 1 heterocycles. The van der Waals surface area contributed by atoms with Crippen molar-refractivity contribution >= 4 is 44.8 Å². The first-order valence-corrected chi connectivity index (χ1v) is 8.07. The number of hydrogen-bond acceptors (Lipinski definition) is 5. The Kier molecular flexibility index (Phi) is 5.57. The molecule has 0 spiro atoms. The van der Waals surface area contributed by atoms with Crippen LogP contribution in [0, 0.1) is 0 Å². The highest BCUT2D eigenvalue weighted by Gasteiger charge is 2.19. The molecule has 5 nitrogen and oxygen atoms in total. The van der Waals surface area contributed by atoms with Crippen LogP contribution in [-0.4, -0.2) is 25.1 Å². The van der Waals surface area contributed by atoms with Gasteiger partial charge in [0.05, 0.1) is 12.8 Å². The summed E-state index contributed by atoms with van der Waals surface area (Å²) in [5.41, 5.74) is 0.424. The number of thiophene rings is 1. The molecule has 0 fully saturated rings. The third-order valence-electron chi connectivity index (χ3n) is 2.79. The molecule has 1 amide bonds. The van der Waals surface area contributed by atoms with E-state index in [0.717, 1.165) is 4.47 Å². The zero-order chi connectivity index (χ0) is 16.1. The van der Waals surface area contributed by atoms with Crippen LogP contribution in [0.2, 0.25) is 0 Å². The monoisotopic (exact) mass is 383 g/mol. The largest absolute Gasteiger partial charge is 0.481 e. The summed E-state index contributed by atoms with van der Waals surface area (Å²) in [5.74, 6) is -0.234. The summed E-state index contributed by atoms with van der Waals surface area (Å²) in [4.78, 5) is 24.1. The van der Waals surface area contributed by atoms with Gasteiger partial charge in [0.2, 0.25) is 0 Å². The van der Waals surface area contributed by atoms with Crippen molar-refractivity contribution in [2.45, 2.75) is 13.0 Å². The van der Waals surface area contributed by atoms with E-state index >= 15 is 0 Å². The Labute approximate surface area is 140 Å².